The Labute approximate surface area is 148 Å². The number of hydrogen-bond donors (Lipinski definition) is 0. The maximum absolute atomic E-state index is 12.2. The van der Waals surface area contributed by atoms with Crippen molar-refractivity contribution < 1.29 is 8.42 Å². The normalized spacial score (nSPS) is 27.1. The van der Waals surface area contributed by atoms with Crippen LogP contribution in [0, 0.1) is 0 Å². The maximum atomic E-state index is 12.2. The van der Waals surface area contributed by atoms with E-state index < -0.39 is 10.0 Å². The van der Waals surface area contributed by atoms with E-state index in [-0.39, 0.29) is 17.4 Å². The van der Waals surface area contributed by atoms with Gasteiger partial charge in [-0.2, -0.15) is 5.10 Å². The quantitative estimate of drug-likeness (QED) is 0.738. The molecule has 1 aromatic rings. The summed E-state index contributed by atoms with van der Waals surface area (Å²) in [5, 5.41) is 4.56. The average molecular weight is 366 g/mol. The standard InChI is InChI=1S/C17H26N4O3S/c22-17-7-6-16(14-4-5-14)18-21(17)13-15-3-1-8-19(15)10-11-20-9-2-12-25(20,23)24/h6-7,14-15H,1-5,8-13H2. The third-order valence-electron chi connectivity index (χ3n) is 5.61. The van der Waals surface area contributed by atoms with Gasteiger partial charge in [0.2, 0.25) is 10.0 Å². The molecule has 0 spiro atoms. The van der Waals surface area contributed by atoms with E-state index in [9.17, 15) is 13.2 Å². The van der Waals surface area contributed by atoms with Crippen LogP contribution in [0.25, 0.3) is 0 Å². The molecule has 7 nitrogen and oxygen atoms in total. The summed E-state index contributed by atoms with van der Waals surface area (Å²) >= 11 is 0. The molecule has 2 aliphatic heterocycles. The molecule has 0 bridgehead atoms. The Morgan fingerprint density at radius 2 is 1.92 bits per heavy atom. The smallest absolute Gasteiger partial charge is 0.266 e. The first-order valence-electron chi connectivity index (χ1n) is 9.33. The van der Waals surface area contributed by atoms with Crippen LogP contribution in [0.3, 0.4) is 0 Å². The summed E-state index contributed by atoms with van der Waals surface area (Å²) in [6, 6.07) is 3.77. The molecule has 3 aliphatic rings. The van der Waals surface area contributed by atoms with E-state index in [0.29, 0.717) is 25.6 Å². The van der Waals surface area contributed by atoms with Gasteiger partial charge in [-0.05, 0) is 44.7 Å². The van der Waals surface area contributed by atoms with Gasteiger partial charge in [0.25, 0.3) is 5.56 Å². The van der Waals surface area contributed by atoms with Crippen molar-refractivity contribution >= 4 is 10.0 Å². The predicted octanol–water partition coefficient (Wildman–Crippen LogP) is 0.621. The van der Waals surface area contributed by atoms with Gasteiger partial charge in [-0.25, -0.2) is 17.4 Å². The molecule has 1 unspecified atom stereocenters. The lowest BCUT2D eigenvalue weighted by molar-refractivity contribution is 0.211. The van der Waals surface area contributed by atoms with Crippen LogP contribution >= 0.6 is 0 Å². The highest BCUT2D eigenvalue weighted by atomic mass is 32.2. The molecule has 0 aromatic carbocycles. The molecule has 3 heterocycles. The first-order valence-corrected chi connectivity index (χ1v) is 10.9. The molecule has 2 saturated heterocycles. The van der Waals surface area contributed by atoms with Crippen LogP contribution in [-0.2, 0) is 16.6 Å². The van der Waals surface area contributed by atoms with Gasteiger partial charge in [-0.1, -0.05) is 0 Å². The highest BCUT2D eigenvalue weighted by Gasteiger charge is 2.31. The van der Waals surface area contributed by atoms with E-state index in [1.807, 2.05) is 6.07 Å². The Kier molecular flexibility index (Phi) is 4.68. The topological polar surface area (TPSA) is 75.5 Å². The third-order valence-corrected chi connectivity index (χ3v) is 7.56. The number of sulfonamides is 1. The van der Waals surface area contributed by atoms with Crippen LogP contribution in [-0.4, -0.2) is 65.4 Å². The van der Waals surface area contributed by atoms with E-state index in [4.69, 9.17) is 0 Å². The SMILES string of the molecule is O=c1ccc(C2CC2)nn1CC1CCCN1CCN1CCCS1(=O)=O. The Bertz CT molecular complexity index is 787. The first-order chi connectivity index (χ1) is 12.0. The van der Waals surface area contributed by atoms with E-state index in [2.05, 4.69) is 10.00 Å². The molecule has 0 amide bonds. The zero-order chi connectivity index (χ0) is 17.4. The van der Waals surface area contributed by atoms with Crippen LogP contribution in [0.1, 0.15) is 43.7 Å². The molecule has 8 heteroatoms. The van der Waals surface area contributed by atoms with Gasteiger partial charge < -0.3 is 0 Å². The van der Waals surface area contributed by atoms with Crippen LogP contribution in [0.15, 0.2) is 16.9 Å². The fourth-order valence-corrected chi connectivity index (χ4v) is 5.49. The summed E-state index contributed by atoms with van der Waals surface area (Å²) in [6.45, 7) is 3.51. The summed E-state index contributed by atoms with van der Waals surface area (Å²) in [6.07, 6.45) is 5.21. The Morgan fingerprint density at radius 3 is 2.64 bits per heavy atom. The molecule has 1 aromatic heterocycles. The molecule has 3 fully saturated rings. The number of hydrogen-bond acceptors (Lipinski definition) is 5. The largest absolute Gasteiger partial charge is 0.297 e. The second-order valence-electron chi connectivity index (χ2n) is 7.45. The lowest BCUT2D eigenvalue weighted by Gasteiger charge is -2.26. The van der Waals surface area contributed by atoms with Crippen molar-refractivity contribution in [2.24, 2.45) is 0 Å². The minimum atomic E-state index is -3.03. The third kappa shape index (κ3) is 3.80. The fourth-order valence-electron chi connectivity index (χ4n) is 3.97. The van der Waals surface area contributed by atoms with Gasteiger partial charge in [-0.15, -0.1) is 0 Å². The highest BCUT2D eigenvalue weighted by molar-refractivity contribution is 7.89. The number of nitrogens with zero attached hydrogens (tertiary/aromatic N) is 4. The molecule has 25 heavy (non-hydrogen) atoms. The number of likely N-dealkylation sites (tertiary alicyclic amines) is 1. The van der Waals surface area contributed by atoms with Crippen LogP contribution in [0.5, 0.6) is 0 Å². The molecular formula is C17H26N4O3S. The van der Waals surface area contributed by atoms with Gasteiger partial charge in [0.05, 0.1) is 18.0 Å². The minimum absolute atomic E-state index is 0.0432. The maximum Gasteiger partial charge on any atom is 0.266 e. The monoisotopic (exact) mass is 366 g/mol. The van der Waals surface area contributed by atoms with Gasteiger partial charge in [0.15, 0.2) is 0 Å². The highest BCUT2D eigenvalue weighted by Crippen LogP contribution is 2.38. The van der Waals surface area contributed by atoms with Crippen molar-refractivity contribution in [3.63, 3.8) is 0 Å². The summed E-state index contributed by atoms with van der Waals surface area (Å²) < 4.78 is 27.1. The Morgan fingerprint density at radius 1 is 1.08 bits per heavy atom. The van der Waals surface area contributed by atoms with Crippen molar-refractivity contribution in [1.82, 2.24) is 19.0 Å². The van der Waals surface area contributed by atoms with Crippen LogP contribution in [0.2, 0.25) is 0 Å². The Hall–Kier alpha value is -1.25. The lowest BCUT2D eigenvalue weighted by atomic mass is 10.2. The molecule has 0 radical (unpaired) electrons. The van der Waals surface area contributed by atoms with Gasteiger partial charge >= 0.3 is 0 Å². The predicted molar refractivity (Wildman–Crippen MR) is 95.0 cm³/mol. The second kappa shape index (κ2) is 6.81. The first kappa shape index (κ1) is 17.2. The summed E-state index contributed by atoms with van der Waals surface area (Å²) in [7, 11) is -3.03. The van der Waals surface area contributed by atoms with Crippen molar-refractivity contribution in [3.05, 3.63) is 28.2 Å². The molecule has 0 N–H and O–H groups in total. The van der Waals surface area contributed by atoms with E-state index in [1.54, 1.807) is 15.1 Å². The lowest BCUT2D eigenvalue weighted by Crippen LogP contribution is -2.41. The van der Waals surface area contributed by atoms with Crippen molar-refractivity contribution in [3.8, 4) is 0 Å². The van der Waals surface area contributed by atoms with Crippen molar-refractivity contribution in [1.29, 1.82) is 0 Å². The fraction of sp³-hybridized carbons (Fsp3) is 0.765. The van der Waals surface area contributed by atoms with Gasteiger partial charge in [0, 0.05) is 37.7 Å². The number of aromatic nitrogens is 2. The molecule has 1 atom stereocenters. The summed E-state index contributed by atoms with van der Waals surface area (Å²) in [5.41, 5.74) is 0.991. The zero-order valence-electron chi connectivity index (χ0n) is 14.5. The van der Waals surface area contributed by atoms with Crippen molar-refractivity contribution in [2.75, 3.05) is 31.9 Å². The summed E-state index contributed by atoms with van der Waals surface area (Å²) in [5.74, 6) is 0.816. The molecule has 4 rings (SSSR count). The van der Waals surface area contributed by atoms with Crippen LogP contribution < -0.4 is 5.56 Å². The molecular weight excluding hydrogens is 340 g/mol. The summed E-state index contributed by atoms with van der Waals surface area (Å²) in [4.78, 5) is 14.5. The second-order valence-corrected chi connectivity index (χ2v) is 9.54. The zero-order valence-corrected chi connectivity index (χ0v) is 15.3. The van der Waals surface area contributed by atoms with Crippen LogP contribution in [0.4, 0.5) is 0 Å². The van der Waals surface area contributed by atoms with E-state index >= 15 is 0 Å². The van der Waals surface area contributed by atoms with Gasteiger partial charge in [0.1, 0.15) is 0 Å². The van der Waals surface area contributed by atoms with E-state index in [1.165, 1.54) is 12.8 Å². The number of rotatable bonds is 6. The molecule has 1 saturated carbocycles. The average Bonchev–Trinajstić information content (AvgIpc) is 3.24. The van der Waals surface area contributed by atoms with Gasteiger partial charge in [-0.3, -0.25) is 9.69 Å². The van der Waals surface area contributed by atoms with Crippen molar-refractivity contribution in [2.45, 2.75) is 50.6 Å². The molecule has 138 valence electrons. The molecule has 1 aliphatic carbocycles. The van der Waals surface area contributed by atoms with E-state index in [0.717, 1.165) is 38.0 Å². The minimum Gasteiger partial charge on any atom is -0.297 e. The Balaban J connectivity index is 1.40.